The number of hydrogen-bond acceptors (Lipinski definition) is 3. The largest absolute Gasteiger partial charge is 0.496 e. The monoisotopic (exact) mass is 255 g/mol. The Morgan fingerprint density at radius 1 is 1.53 bits per heavy atom. The number of benzene rings is 1. The van der Waals surface area contributed by atoms with Crippen LogP contribution in [0.25, 0.3) is 10.9 Å². The third-order valence-corrected chi connectivity index (χ3v) is 2.58. The SMILES string of the molecule is COc1cc(C(=O)O)nc2c(F)ccc(Cl)c12. The van der Waals surface area contributed by atoms with Crippen LogP contribution in [0.2, 0.25) is 5.02 Å². The molecule has 88 valence electrons. The Labute approximate surface area is 101 Å². The molecule has 0 radical (unpaired) electrons. The van der Waals surface area contributed by atoms with Gasteiger partial charge in [0.25, 0.3) is 0 Å². The van der Waals surface area contributed by atoms with Crippen molar-refractivity contribution in [2.75, 3.05) is 7.11 Å². The second-order valence-electron chi connectivity index (χ2n) is 3.27. The van der Waals surface area contributed by atoms with E-state index in [9.17, 15) is 9.18 Å². The summed E-state index contributed by atoms with van der Waals surface area (Å²) < 4.78 is 18.6. The first-order valence-corrected chi connectivity index (χ1v) is 4.98. The Morgan fingerprint density at radius 3 is 2.82 bits per heavy atom. The molecule has 6 heteroatoms. The van der Waals surface area contributed by atoms with Crippen molar-refractivity contribution in [2.24, 2.45) is 0 Å². The normalized spacial score (nSPS) is 10.5. The fraction of sp³-hybridized carbons (Fsp3) is 0.0909. The van der Waals surface area contributed by atoms with E-state index in [0.29, 0.717) is 0 Å². The van der Waals surface area contributed by atoms with Crippen LogP contribution in [0.3, 0.4) is 0 Å². The summed E-state index contributed by atoms with van der Waals surface area (Å²) >= 11 is 5.91. The van der Waals surface area contributed by atoms with Crippen molar-refractivity contribution >= 4 is 28.5 Å². The lowest BCUT2D eigenvalue weighted by molar-refractivity contribution is 0.0690. The molecule has 0 aliphatic rings. The van der Waals surface area contributed by atoms with E-state index in [0.717, 1.165) is 6.07 Å². The predicted octanol–water partition coefficient (Wildman–Crippen LogP) is 2.73. The van der Waals surface area contributed by atoms with Crippen LogP contribution in [0.1, 0.15) is 10.5 Å². The van der Waals surface area contributed by atoms with E-state index in [1.54, 1.807) is 0 Å². The maximum Gasteiger partial charge on any atom is 0.354 e. The van der Waals surface area contributed by atoms with E-state index in [-0.39, 0.29) is 27.4 Å². The first-order valence-electron chi connectivity index (χ1n) is 4.60. The highest BCUT2D eigenvalue weighted by atomic mass is 35.5. The van der Waals surface area contributed by atoms with Gasteiger partial charge < -0.3 is 9.84 Å². The van der Waals surface area contributed by atoms with Gasteiger partial charge in [-0.1, -0.05) is 11.6 Å². The minimum Gasteiger partial charge on any atom is -0.496 e. The molecule has 17 heavy (non-hydrogen) atoms. The Kier molecular flexibility index (Phi) is 2.85. The number of halogens is 2. The van der Waals surface area contributed by atoms with Crippen LogP contribution >= 0.6 is 11.6 Å². The van der Waals surface area contributed by atoms with Crippen molar-refractivity contribution in [3.8, 4) is 5.75 Å². The van der Waals surface area contributed by atoms with Crippen molar-refractivity contribution in [2.45, 2.75) is 0 Å². The molecular weight excluding hydrogens is 249 g/mol. The van der Waals surface area contributed by atoms with E-state index in [2.05, 4.69) is 4.98 Å². The van der Waals surface area contributed by atoms with E-state index >= 15 is 0 Å². The summed E-state index contributed by atoms with van der Waals surface area (Å²) in [4.78, 5) is 14.5. The molecule has 0 aliphatic carbocycles. The van der Waals surface area contributed by atoms with Gasteiger partial charge in [-0.2, -0.15) is 0 Å². The average molecular weight is 256 g/mol. The van der Waals surface area contributed by atoms with Crippen molar-refractivity contribution < 1.29 is 19.0 Å². The fourth-order valence-electron chi connectivity index (χ4n) is 1.50. The highest BCUT2D eigenvalue weighted by molar-refractivity contribution is 6.36. The minimum atomic E-state index is -1.26. The Hall–Kier alpha value is -1.88. The molecular formula is C11H7ClFNO3. The lowest BCUT2D eigenvalue weighted by atomic mass is 10.1. The zero-order valence-electron chi connectivity index (χ0n) is 8.70. The van der Waals surface area contributed by atoms with Crippen LogP contribution in [-0.2, 0) is 0 Å². The topological polar surface area (TPSA) is 59.4 Å². The molecule has 0 atom stereocenters. The first kappa shape index (κ1) is 11.6. The fourth-order valence-corrected chi connectivity index (χ4v) is 1.75. The molecule has 0 unspecified atom stereocenters. The molecule has 1 N–H and O–H groups in total. The number of rotatable bonds is 2. The molecule has 2 aromatic rings. The average Bonchev–Trinajstić information content (AvgIpc) is 2.32. The smallest absolute Gasteiger partial charge is 0.354 e. The highest BCUT2D eigenvalue weighted by Gasteiger charge is 2.16. The van der Waals surface area contributed by atoms with Gasteiger partial charge >= 0.3 is 5.97 Å². The Morgan fingerprint density at radius 2 is 2.24 bits per heavy atom. The van der Waals surface area contributed by atoms with E-state index in [1.807, 2.05) is 0 Å². The van der Waals surface area contributed by atoms with Crippen LogP contribution in [0.4, 0.5) is 4.39 Å². The van der Waals surface area contributed by atoms with Gasteiger partial charge in [0, 0.05) is 6.07 Å². The van der Waals surface area contributed by atoms with Gasteiger partial charge in [-0.3, -0.25) is 0 Å². The summed E-state index contributed by atoms with van der Waals surface area (Å²) in [6.07, 6.45) is 0. The molecule has 2 rings (SSSR count). The van der Waals surface area contributed by atoms with Crippen LogP contribution in [0.5, 0.6) is 5.75 Å². The van der Waals surface area contributed by atoms with Gasteiger partial charge in [0.15, 0.2) is 5.69 Å². The number of pyridine rings is 1. The van der Waals surface area contributed by atoms with Crippen LogP contribution < -0.4 is 4.74 Å². The van der Waals surface area contributed by atoms with Crippen LogP contribution in [0.15, 0.2) is 18.2 Å². The Balaban J connectivity index is 2.91. The van der Waals surface area contributed by atoms with Crippen LogP contribution in [0, 0.1) is 5.82 Å². The highest BCUT2D eigenvalue weighted by Crippen LogP contribution is 2.33. The van der Waals surface area contributed by atoms with Crippen molar-refractivity contribution in [1.82, 2.24) is 4.98 Å². The predicted molar refractivity (Wildman–Crippen MR) is 60.2 cm³/mol. The van der Waals surface area contributed by atoms with Crippen molar-refractivity contribution in [3.05, 3.63) is 34.7 Å². The second-order valence-corrected chi connectivity index (χ2v) is 3.67. The van der Waals surface area contributed by atoms with Gasteiger partial charge in [0.05, 0.1) is 17.5 Å². The first-order chi connectivity index (χ1) is 8.04. The number of carboxylic acid groups (broad SMARTS) is 1. The molecule has 1 aromatic carbocycles. The third-order valence-electron chi connectivity index (χ3n) is 2.26. The number of aromatic carboxylic acids is 1. The number of carboxylic acids is 1. The van der Waals surface area contributed by atoms with Gasteiger partial charge in [0.2, 0.25) is 0 Å². The van der Waals surface area contributed by atoms with Gasteiger partial charge in [-0.15, -0.1) is 0 Å². The third kappa shape index (κ3) is 1.89. The molecule has 0 fully saturated rings. The van der Waals surface area contributed by atoms with E-state index in [1.165, 1.54) is 19.2 Å². The van der Waals surface area contributed by atoms with E-state index in [4.69, 9.17) is 21.4 Å². The summed E-state index contributed by atoms with van der Waals surface area (Å²) in [6.45, 7) is 0. The summed E-state index contributed by atoms with van der Waals surface area (Å²) in [7, 11) is 1.35. The van der Waals surface area contributed by atoms with Gasteiger partial charge in [-0.25, -0.2) is 14.2 Å². The number of methoxy groups -OCH3 is 1. The second kappa shape index (κ2) is 4.18. The molecule has 0 saturated carbocycles. The van der Waals surface area contributed by atoms with Crippen molar-refractivity contribution in [1.29, 1.82) is 0 Å². The van der Waals surface area contributed by atoms with Gasteiger partial charge in [0.1, 0.15) is 17.1 Å². The number of nitrogens with zero attached hydrogens (tertiary/aromatic N) is 1. The maximum atomic E-state index is 13.6. The number of fused-ring (bicyclic) bond motifs is 1. The van der Waals surface area contributed by atoms with E-state index < -0.39 is 11.8 Å². The molecule has 0 bridgehead atoms. The zero-order valence-corrected chi connectivity index (χ0v) is 9.45. The molecule has 1 heterocycles. The lowest BCUT2D eigenvalue weighted by Crippen LogP contribution is -2.02. The number of hydrogen-bond donors (Lipinski definition) is 1. The Bertz CT molecular complexity index is 615. The van der Waals surface area contributed by atoms with Crippen molar-refractivity contribution in [3.63, 3.8) is 0 Å². The molecule has 0 aliphatic heterocycles. The molecule has 4 nitrogen and oxygen atoms in total. The summed E-state index contributed by atoms with van der Waals surface area (Å²) in [5.41, 5.74) is -0.412. The zero-order chi connectivity index (χ0) is 12.6. The summed E-state index contributed by atoms with van der Waals surface area (Å²) in [5, 5.41) is 9.37. The molecule has 0 saturated heterocycles. The van der Waals surface area contributed by atoms with Gasteiger partial charge in [-0.05, 0) is 12.1 Å². The number of carbonyl (C=O) groups is 1. The quantitative estimate of drug-likeness (QED) is 0.896. The molecule has 0 spiro atoms. The maximum absolute atomic E-state index is 13.6. The summed E-state index contributed by atoms with van der Waals surface area (Å²) in [5.74, 6) is -1.73. The number of ether oxygens (including phenoxy) is 1. The summed E-state index contributed by atoms with van der Waals surface area (Å²) in [6, 6.07) is 3.70. The lowest BCUT2D eigenvalue weighted by Gasteiger charge is -2.08. The molecule has 1 aromatic heterocycles. The number of aromatic nitrogens is 1. The van der Waals surface area contributed by atoms with Crippen LogP contribution in [-0.4, -0.2) is 23.2 Å². The standard InChI is InChI=1S/C11H7ClFNO3/c1-17-8-4-7(11(15)16)14-10-6(13)3-2-5(12)9(8)10/h2-4H,1H3,(H,15,16). The minimum absolute atomic E-state index is 0.116. The molecule has 0 amide bonds.